The molecule has 8 heteroatoms. The average molecular weight is 398 g/mol. The van der Waals surface area contributed by atoms with Crippen LogP contribution in [0.2, 0.25) is 0 Å². The number of carboxylic acid groups (broad SMARTS) is 1. The summed E-state index contributed by atoms with van der Waals surface area (Å²) in [6, 6.07) is 12.5. The predicted molar refractivity (Wildman–Crippen MR) is 104 cm³/mol. The third-order valence-electron chi connectivity index (χ3n) is 4.78. The van der Waals surface area contributed by atoms with Crippen molar-refractivity contribution < 1.29 is 29.0 Å². The zero-order chi connectivity index (χ0) is 21.0. The van der Waals surface area contributed by atoms with E-state index >= 15 is 0 Å². The fourth-order valence-electron chi connectivity index (χ4n) is 3.40. The first kappa shape index (κ1) is 20.2. The number of hydrogen-bond acceptors (Lipinski definition) is 5. The zero-order valence-corrected chi connectivity index (χ0v) is 16.1. The number of ether oxygens (including phenoxy) is 2. The standard InChI is InChI=1S/C21H22N2O6/c1-13-10-15(8-9-17(13)28-2)18(22-20(25)26)19(24)23-16(12-29-21(23)27)11-14-6-4-3-5-7-14/h3-10,16,18,22H,11-12H2,1-2H3,(H,25,26)/t16?,18-/m1/s1. The number of methoxy groups -OCH3 is 1. The second-order valence-electron chi connectivity index (χ2n) is 6.74. The van der Waals surface area contributed by atoms with Crippen LogP contribution in [0.1, 0.15) is 22.7 Å². The summed E-state index contributed by atoms with van der Waals surface area (Å²) in [6.07, 6.45) is -1.73. The molecule has 1 fully saturated rings. The van der Waals surface area contributed by atoms with Gasteiger partial charge in [-0.05, 0) is 42.2 Å². The molecule has 0 saturated carbocycles. The summed E-state index contributed by atoms with van der Waals surface area (Å²) in [5.74, 6) is -0.0711. The van der Waals surface area contributed by atoms with E-state index in [1.807, 2.05) is 30.3 Å². The van der Waals surface area contributed by atoms with Crippen molar-refractivity contribution in [1.82, 2.24) is 10.2 Å². The predicted octanol–water partition coefficient (Wildman–Crippen LogP) is 2.90. The lowest BCUT2D eigenvalue weighted by Gasteiger charge is -2.25. The summed E-state index contributed by atoms with van der Waals surface area (Å²) in [6.45, 7) is 1.84. The summed E-state index contributed by atoms with van der Waals surface area (Å²) in [7, 11) is 1.52. The Labute approximate surface area is 168 Å². The summed E-state index contributed by atoms with van der Waals surface area (Å²) >= 11 is 0. The minimum absolute atomic E-state index is 0.0564. The van der Waals surface area contributed by atoms with Gasteiger partial charge in [0.15, 0.2) is 0 Å². The molecule has 0 bridgehead atoms. The fraction of sp³-hybridized carbons (Fsp3) is 0.286. The number of cyclic esters (lactones) is 1. The summed E-state index contributed by atoms with van der Waals surface area (Å²) in [4.78, 5) is 37.9. The first-order valence-corrected chi connectivity index (χ1v) is 9.08. The summed E-state index contributed by atoms with van der Waals surface area (Å²) in [5.41, 5.74) is 2.09. The Morgan fingerprint density at radius 3 is 2.62 bits per heavy atom. The fourth-order valence-corrected chi connectivity index (χ4v) is 3.40. The molecule has 2 N–H and O–H groups in total. The number of hydrogen-bond donors (Lipinski definition) is 2. The maximum Gasteiger partial charge on any atom is 0.417 e. The molecule has 8 nitrogen and oxygen atoms in total. The van der Waals surface area contributed by atoms with Crippen molar-refractivity contribution in [3.8, 4) is 5.75 Å². The largest absolute Gasteiger partial charge is 0.496 e. The molecule has 3 rings (SSSR count). The Kier molecular flexibility index (Phi) is 6.01. The normalized spacial score (nSPS) is 16.8. The van der Waals surface area contributed by atoms with Crippen LogP contribution in [-0.2, 0) is 16.0 Å². The molecule has 1 saturated heterocycles. The van der Waals surface area contributed by atoms with Gasteiger partial charge in [-0.15, -0.1) is 0 Å². The molecule has 2 aromatic rings. The number of benzene rings is 2. The van der Waals surface area contributed by atoms with Crippen LogP contribution in [0.4, 0.5) is 9.59 Å². The van der Waals surface area contributed by atoms with Gasteiger partial charge in [0, 0.05) is 0 Å². The molecule has 2 aromatic carbocycles. The van der Waals surface area contributed by atoms with E-state index in [2.05, 4.69) is 5.32 Å². The molecule has 2 atom stereocenters. The maximum atomic E-state index is 13.2. The molecule has 1 heterocycles. The van der Waals surface area contributed by atoms with Crippen LogP contribution >= 0.6 is 0 Å². The van der Waals surface area contributed by atoms with Gasteiger partial charge in [-0.1, -0.05) is 36.4 Å². The molecule has 29 heavy (non-hydrogen) atoms. The number of carbonyl (C=O) groups is 3. The van der Waals surface area contributed by atoms with Gasteiger partial charge in [-0.3, -0.25) is 4.79 Å². The van der Waals surface area contributed by atoms with Gasteiger partial charge < -0.3 is 19.9 Å². The van der Waals surface area contributed by atoms with Crippen molar-refractivity contribution in [3.63, 3.8) is 0 Å². The molecule has 1 aliphatic rings. The van der Waals surface area contributed by atoms with Crippen molar-refractivity contribution in [2.45, 2.75) is 25.4 Å². The van der Waals surface area contributed by atoms with Crippen LogP contribution in [0.3, 0.4) is 0 Å². The first-order chi connectivity index (χ1) is 13.9. The van der Waals surface area contributed by atoms with Gasteiger partial charge in [0.05, 0.1) is 13.2 Å². The van der Waals surface area contributed by atoms with Crippen LogP contribution in [-0.4, -0.2) is 47.9 Å². The smallest absolute Gasteiger partial charge is 0.417 e. The number of carbonyl (C=O) groups excluding carboxylic acids is 2. The van der Waals surface area contributed by atoms with Gasteiger partial charge in [0.2, 0.25) is 0 Å². The highest BCUT2D eigenvalue weighted by Gasteiger charge is 2.41. The quantitative estimate of drug-likeness (QED) is 0.775. The molecule has 0 aromatic heterocycles. The average Bonchev–Trinajstić information content (AvgIpc) is 3.06. The third-order valence-corrected chi connectivity index (χ3v) is 4.78. The lowest BCUT2D eigenvalue weighted by molar-refractivity contribution is -0.131. The van der Waals surface area contributed by atoms with Crippen molar-refractivity contribution in [2.24, 2.45) is 0 Å². The SMILES string of the molecule is COc1ccc([C@@H](NC(=O)O)C(=O)N2C(=O)OCC2Cc2ccccc2)cc1C. The third kappa shape index (κ3) is 4.48. The van der Waals surface area contributed by atoms with E-state index in [1.165, 1.54) is 7.11 Å². The van der Waals surface area contributed by atoms with E-state index in [9.17, 15) is 19.5 Å². The van der Waals surface area contributed by atoms with E-state index < -0.39 is 30.2 Å². The van der Waals surface area contributed by atoms with Crippen molar-refractivity contribution >= 4 is 18.1 Å². The van der Waals surface area contributed by atoms with E-state index in [0.29, 0.717) is 17.7 Å². The molecular weight excluding hydrogens is 376 g/mol. The lowest BCUT2D eigenvalue weighted by Crippen LogP contribution is -2.47. The van der Waals surface area contributed by atoms with E-state index in [4.69, 9.17) is 9.47 Å². The topological polar surface area (TPSA) is 105 Å². The molecule has 0 aliphatic carbocycles. The van der Waals surface area contributed by atoms with Gasteiger partial charge in [-0.25, -0.2) is 14.5 Å². The molecule has 3 amide bonds. The van der Waals surface area contributed by atoms with Crippen molar-refractivity contribution in [3.05, 3.63) is 65.2 Å². The zero-order valence-electron chi connectivity index (χ0n) is 16.1. The van der Waals surface area contributed by atoms with Gasteiger partial charge in [-0.2, -0.15) is 0 Å². The van der Waals surface area contributed by atoms with Crippen LogP contribution in [0.25, 0.3) is 0 Å². The highest BCUT2D eigenvalue weighted by atomic mass is 16.6. The van der Waals surface area contributed by atoms with Crippen molar-refractivity contribution in [1.29, 1.82) is 0 Å². The second kappa shape index (κ2) is 8.64. The van der Waals surface area contributed by atoms with Crippen LogP contribution in [0.5, 0.6) is 5.75 Å². The van der Waals surface area contributed by atoms with E-state index in [-0.39, 0.29) is 6.61 Å². The van der Waals surface area contributed by atoms with Crippen LogP contribution in [0.15, 0.2) is 48.5 Å². The minimum Gasteiger partial charge on any atom is -0.496 e. The molecule has 1 unspecified atom stereocenters. The lowest BCUT2D eigenvalue weighted by atomic mass is 10.0. The van der Waals surface area contributed by atoms with Crippen LogP contribution < -0.4 is 10.1 Å². The number of amides is 3. The van der Waals surface area contributed by atoms with Crippen LogP contribution in [0, 0.1) is 6.92 Å². The Balaban J connectivity index is 1.90. The highest BCUT2D eigenvalue weighted by Crippen LogP contribution is 2.27. The molecular formula is C21H22N2O6. The van der Waals surface area contributed by atoms with E-state index in [1.54, 1.807) is 25.1 Å². The number of rotatable bonds is 6. The Bertz CT molecular complexity index is 915. The second-order valence-corrected chi connectivity index (χ2v) is 6.74. The molecule has 1 aliphatic heterocycles. The Hall–Kier alpha value is -3.55. The maximum absolute atomic E-state index is 13.2. The monoisotopic (exact) mass is 398 g/mol. The van der Waals surface area contributed by atoms with Gasteiger partial charge >= 0.3 is 12.2 Å². The van der Waals surface area contributed by atoms with Gasteiger partial charge in [0.1, 0.15) is 18.4 Å². The summed E-state index contributed by atoms with van der Waals surface area (Å²) in [5, 5.41) is 11.5. The molecule has 0 radical (unpaired) electrons. The van der Waals surface area contributed by atoms with E-state index in [0.717, 1.165) is 16.0 Å². The number of imide groups is 1. The Morgan fingerprint density at radius 2 is 2.00 bits per heavy atom. The number of aryl methyl sites for hydroxylation is 1. The summed E-state index contributed by atoms with van der Waals surface area (Å²) < 4.78 is 10.3. The molecule has 152 valence electrons. The van der Waals surface area contributed by atoms with Crippen molar-refractivity contribution in [2.75, 3.05) is 13.7 Å². The highest BCUT2D eigenvalue weighted by molar-refractivity contribution is 5.98. The number of nitrogens with zero attached hydrogens (tertiary/aromatic N) is 1. The molecule has 0 spiro atoms. The minimum atomic E-state index is -1.37. The van der Waals surface area contributed by atoms with Gasteiger partial charge in [0.25, 0.3) is 5.91 Å². The first-order valence-electron chi connectivity index (χ1n) is 9.08. The Morgan fingerprint density at radius 1 is 1.28 bits per heavy atom. The number of nitrogens with one attached hydrogen (secondary N) is 1.